The van der Waals surface area contributed by atoms with E-state index in [0.717, 1.165) is 10.9 Å². The molecule has 1 aromatic heterocycles. The molecule has 3 N–H and O–H groups in total. The first-order valence-electron chi connectivity index (χ1n) is 5.97. The van der Waals surface area contributed by atoms with Gasteiger partial charge in [-0.05, 0) is 49.6 Å². The van der Waals surface area contributed by atoms with Gasteiger partial charge >= 0.3 is 0 Å². The van der Waals surface area contributed by atoms with E-state index in [1.54, 1.807) is 11.3 Å². The molecule has 0 fully saturated rings. The van der Waals surface area contributed by atoms with Crippen molar-refractivity contribution in [2.45, 2.75) is 26.3 Å². The number of thiophene rings is 1. The number of nitrogens with one attached hydrogen (secondary N) is 1. The minimum atomic E-state index is -0.565. The molecule has 1 heterocycles. The molecule has 5 heteroatoms. The maximum Gasteiger partial charge on any atom is 0.126 e. The third-order valence-corrected chi connectivity index (χ3v) is 4.36. The number of benzene rings is 1. The van der Waals surface area contributed by atoms with E-state index in [0.29, 0.717) is 12.0 Å². The van der Waals surface area contributed by atoms with Crippen LogP contribution in [0.2, 0.25) is 0 Å². The Kier molecular flexibility index (Phi) is 4.29. The van der Waals surface area contributed by atoms with E-state index in [1.807, 2.05) is 13.8 Å². The van der Waals surface area contributed by atoms with Gasteiger partial charge in [0.2, 0.25) is 0 Å². The van der Waals surface area contributed by atoms with E-state index in [-0.39, 0.29) is 6.04 Å². The minimum Gasteiger partial charge on any atom is -0.271 e. The van der Waals surface area contributed by atoms with Crippen molar-refractivity contribution >= 4 is 11.3 Å². The fourth-order valence-electron chi connectivity index (χ4n) is 1.98. The van der Waals surface area contributed by atoms with Crippen molar-refractivity contribution in [3.63, 3.8) is 0 Å². The van der Waals surface area contributed by atoms with E-state index in [9.17, 15) is 8.78 Å². The Hall–Kier alpha value is -1.30. The minimum absolute atomic E-state index is 0.140. The zero-order chi connectivity index (χ0) is 14.0. The van der Waals surface area contributed by atoms with Crippen LogP contribution in [0.3, 0.4) is 0 Å². The smallest absolute Gasteiger partial charge is 0.126 e. The summed E-state index contributed by atoms with van der Waals surface area (Å²) in [5, 5.41) is 0. The summed E-state index contributed by atoms with van der Waals surface area (Å²) < 4.78 is 26.3. The van der Waals surface area contributed by atoms with Gasteiger partial charge in [0.15, 0.2) is 0 Å². The van der Waals surface area contributed by atoms with Crippen molar-refractivity contribution in [1.29, 1.82) is 0 Å². The Morgan fingerprint density at radius 3 is 2.26 bits per heavy atom. The van der Waals surface area contributed by atoms with E-state index < -0.39 is 11.6 Å². The summed E-state index contributed by atoms with van der Waals surface area (Å²) in [6.07, 6.45) is 0.449. The van der Waals surface area contributed by atoms with Gasteiger partial charge in [0.1, 0.15) is 11.6 Å². The molecule has 1 atom stereocenters. The van der Waals surface area contributed by atoms with Crippen molar-refractivity contribution in [3.8, 4) is 0 Å². The van der Waals surface area contributed by atoms with E-state index in [4.69, 9.17) is 5.84 Å². The Morgan fingerprint density at radius 1 is 1.16 bits per heavy atom. The summed E-state index contributed by atoms with van der Waals surface area (Å²) in [7, 11) is 0. The summed E-state index contributed by atoms with van der Waals surface area (Å²) in [5.41, 5.74) is 4.50. The molecule has 0 radical (unpaired) electrons. The molecule has 2 nitrogen and oxygen atoms in total. The summed E-state index contributed by atoms with van der Waals surface area (Å²) in [5.74, 6) is 4.43. The van der Waals surface area contributed by atoms with Crippen molar-refractivity contribution in [3.05, 3.63) is 56.8 Å². The van der Waals surface area contributed by atoms with Gasteiger partial charge in [-0.25, -0.2) is 8.78 Å². The Balaban J connectivity index is 2.23. The maximum absolute atomic E-state index is 13.2. The highest BCUT2D eigenvalue weighted by molar-refractivity contribution is 7.12. The second kappa shape index (κ2) is 5.77. The molecule has 0 saturated heterocycles. The number of hydrazine groups is 1. The summed E-state index contributed by atoms with van der Waals surface area (Å²) in [6.45, 7) is 4.07. The number of halogens is 2. The second-order valence-corrected chi connectivity index (χ2v) is 5.88. The summed E-state index contributed by atoms with van der Waals surface area (Å²) in [4.78, 5) is 2.29. The lowest BCUT2D eigenvalue weighted by molar-refractivity contribution is 0.546. The Morgan fingerprint density at radius 2 is 1.79 bits per heavy atom. The quantitative estimate of drug-likeness (QED) is 0.666. The SMILES string of the molecule is Cc1cc(C(Cc2cc(F)cc(F)c2)NN)sc1C. The van der Waals surface area contributed by atoms with Gasteiger partial charge in [0.05, 0.1) is 6.04 Å². The fraction of sp³-hybridized carbons (Fsp3) is 0.286. The molecule has 0 aliphatic rings. The molecule has 102 valence electrons. The van der Waals surface area contributed by atoms with Crippen LogP contribution < -0.4 is 11.3 Å². The van der Waals surface area contributed by atoms with Crippen molar-refractivity contribution in [2.75, 3.05) is 0 Å². The van der Waals surface area contributed by atoms with Crippen LogP contribution in [0.4, 0.5) is 8.78 Å². The molecular formula is C14H16F2N2S. The average molecular weight is 282 g/mol. The van der Waals surface area contributed by atoms with Crippen LogP contribution in [0.5, 0.6) is 0 Å². The van der Waals surface area contributed by atoms with Gasteiger partial charge in [-0.1, -0.05) is 0 Å². The topological polar surface area (TPSA) is 38.0 Å². The van der Waals surface area contributed by atoms with Crippen LogP contribution in [-0.2, 0) is 6.42 Å². The predicted molar refractivity (Wildman–Crippen MR) is 73.9 cm³/mol. The Labute approximate surface area is 115 Å². The highest BCUT2D eigenvalue weighted by atomic mass is 32.1. The Bertz CT molecular complexity index is 541. The average Bonchev–Trinajstić information content (AvgIpc) is 2.65. The van der Waals surface area contributed by atoms with Gasteiger partial charge in [-0.2, -0.15) is 0 Å². The first-order valence-corrected chi connectivity index (χ1v) is 6.79. The molecule has 0 amide bonds. The van der Waals surface area contributed by atoms with E-state index >= 15 is 0 Å². The molecule has 19 heavy (non-hydrogen) atoms. The lowest BCUT2D eigenvalue weighted by Crippen LogP contribution is -2.29. The number of rotatable bonds is 4. The predicted octanol–water partition coefficient (Wildman–Crippen LogP) is 3.39. The lowest BCUT2D eigenvalue weighted by atomic mass is 10.0. The van der Waals surface area contributed by atoms with Gasteiger partial charge < -0.3 is 0 Å². The van der Waals surface area contributed by atoms with Crippen LogP contribution in [0.15, 0.2) is 24.3 Å². The number of hydrogen-bond acceptors (Lipinski definition) is 3. The largest absolute Gasteiger partial charge is 0.271 e. The van der Waals surface area contributed by atoms with E-state index in [1.165, 1.54) is 22.6 Å². The lowest BCUT2D eigenvalue weighted by Gasteiger charge is -2.14. The molecule has 0 aliphatic carbocycles. The van der Waals surface area contributed by atoms with E-state index in [2.05, 4.69) is 11.5 Å². The standard InChI is InChI=1S/C14H16F2N2S/c1-8-3-14(19-9(8)2)13(18-17)6-10-4-11(15)7-12(16)5-10/h3-5,7,13,18H,6,17H2,1-2H3. The maximum atomic E-state index is 13.2. The molecule has 0 saturated carbocycles. The van der Waals surface area contributed by atoms with Crippen molar-refractivity contribution < 1.29 is 8.78 Å². The third kappa shape index (κ3) is 3.37. The summed E-state index contributed by atoms with van der Waals surface area (Å²) >= 11 is 1.64. The molecule has 0 aliphatic heterocycles. The van der Waals surface area contributed by atoms with Crippen molar-refractivity contribution in [1.82, 2.24) is 5.43 Å². The normalized spacial score (nSPS) is 12.7. The number of hydrogen-bond donors (Lipinski definition) is 2. The van der Waals surface area contributed by atoms with Crippen LogP contribution in [-0.4, -0.2) is 0 Å². The van der Waals surface area contributed by atoms with Crippen LogP contribution >= 0.6 is 11.3 Å². The van der Waals surface area contributed by atoms with Gasteiger partial charge in [-0.15, -0.1) is 11.3 Å². The molecule has 1 aromatic carbocycles. The zero-order valence-electron chi connectivity index (χ0n) is 10.8. The number of aryl methyl sites for hydroxylation is 2. The van der Waals surface area contributed by atoms with Gasteiger partial charge in [0.25, 0.3) is 0 Å². The fourth-order valence-corrected chi connectivity index (χ4v) is 3.08. The molecule has 2 aromatic rings. The van der Waals surface area contributed by atoms with Crippen LogP contribution in [0.1, 0.15) is 26.9 Å². The summed E-state index contributed by atoms with van der Waals surface area (Å²) in [6, 6.07) is 5.45. The van der Waals surface area contributed by atoms with Gasteiger partial charge in [0, 0.05) is 15.8 Å². The van der Waals surface area contributed by atoms with Crippen LogP contribution in [0.25, 0.3) is 0 Å². The first-order chi connectivity index (χ1) is 8.99. The molecule has 1 unspecified atom stereocenters. The zero-order valence-corrected chi connectivity index (χ0v) is 11.7. The third-order valence-electron chi connectivity index (χ3n) is 3.09. The van der Waals surface area contributed by atoms with Crippen LogP contribution in [0, 0.1) is 25.5 Å². The highest BCUT2D eigenvalue weighted by Crippen LogP contribution is 2.28. The monoisotopic (exact) mass is 282 g/mol. The second-order valence-electron chi connectivity index (χ2n) is 4.59. The molecular weight excluding hydrogens is 266 g/mol. The van der Waals surface area contributed by atoms with Gasteiger partial charge in [-0.3, -0.25) is 11.3 Å². The first kappa shape index (κ1) is 14.1. The molecule has 0 bridgehead atoms. The number of nitrogens with two attached hydrogens (primary N) is 1. The molecule has 0 spiro atoms. The highest BCUT2D eigenvalue weighted by Gasteiger charge is 2.15. The van der Waals surface area contributed by atoms with Crippen molar-refractivity contribution in [2.24, 2.45) is 5.84 Å². The molecule has 2 rings (SSSR count).